The summed E-state index contributed by atoms with van der Waals surface area (Å²) in [5.41, 5.74) is -0.313. The fourth-order valence-corrected chi connectivity index (χ4v) is 5.80. The lowest BCUT2D eigenvalue weighted by Gasteiger charge is -2.28. The number of ether oxygens (including phenoxy) is 1. The van der Waals surface area contributed by atoms with Gasteiger partial charge in [0.1, 0.15) is 0 Å². The molecular weight excluding hydrogens is 264 g/mol. The fourth-order valence-electron chi connectivity index (χ4n) is 3.18. The quantitative estimate of drug-likeness (QED) is 0.728. The van der Waals surface area contributed by atoms with Crippen molar-refractivity contribution in [1.29, 1.82) is 0 Å². The lowest BCUT2D eigenvalue weighted by molar-refractivity contribution is -0.141. The second kappa shape index (κ2) is 5.43. The Bertz CT molecular complexity index is 436. The summed E-state index contributed by atoms with van der Waals surface area (Å²) in [6, 6.07) is 0. The Labute approximate surface area is 115 Å². The summed E-state index contributed by atoms with van der Waals surface area (Å²) in [5, 5.41) is -0.189. The molecular formula is C14H24O4S. The van der Waals surface area contributed by atoms with Gasteiger partial charge >= 0.3 is 5.97 Å². The summed E-state index contributed by atoms with van der Waals surface area (Å²) < 4.78 is 29.7. The van der Waals surface area contributed by atoms with Crippen LogP contribution in [0.4, 0.5) is 0 Å². The van der Waals surface area contributed by atoms with Gasteiger partial charge in [0.25, 0.3) is 0 Å². The van der Waals surface area contributed by atoms with Crippen LogP contribution in [0.1, 0.15) is 51.9 Å². The molecule has 110 valence electrons. The predicted molar refractivity (Wildman–Crippen MR) is 73.5 cm³/mol. The highest BCUT2D eigenvalue weighted by Crippen LogP contribution is 2.51. The molecule has 0 aromatic heterocycles. The minimum absolute atomic E-state index is 0.173. The van der Waals surface area contributed by atoms with E-state index < -0.39 is 9.84 Å². The van der Waals surface area contributed by atoms with Gasteiger partial charge in [0, 0.05) is 0 Å². The molecule has 0 aromatic carbocycles. The van der Waals surface area contributed by atoms with Crippen molar-refractivity contribution in [2.24, 2.45) is 11.3 Å². The van der Waals surface area contributed by atoms with Crippen LogP contribution in [0.25, 0.3) is 0 Å². The highest BCUT2D eigenvalue weighted by Gasteiger charge is 2.49. The first-order chi connectivity index (χ1) is 8.87. The molecule has 0 radical (unpaired) electrons. The lowest BCUT2D eigenvalue weighted by Crippen LogP contribution is -2.33. The highest BCUT2D eigenvalue weighted by molar-refractivity contribution is 7.92. The highest BCUT2D eigenvalue weighted by atomic mass is 32.2. The molecule has 2 saturated carbocycles. The molecule has 0 N–H and O–H groups in total. The van der Waals surface area contributed by atoms with E-state index in [1.807, 2.05) is 0 Å². The van der Waals surface area contributed by atoms with Crippen molar-refractivity contribution in [3.8, 4) is 0 Å². The number of hydrogen-bond donors (Lipinski definition) is 0. The molecule has 19 heavy (non-hydrogen) atoms. The maximum Gasteiger partial charge on any atom is 0.306 e. The SMILES string of the molecule is COC(=O)CC1(CS(=O)(=O)C2CCCC(C)C2)CC1. The van der Waals surface area contributed by atoms with E-state index in [1.54, 1.807) is 0 Å². The van der Waals surface area contributed by atoms with Gasteiger partial charge in [-0.25, -0.2) is 8.42 Å². The topological polar surface area (TPSA) is 60.4 Å². The zero-order valence-electron chi connectivity index (χ0n) is 11.9. The average Bonchev–Trinajstić information content (AvgIpc) is 3.07. The molecule has 5 heteroatoms. The van der Waals surface area contributed by atoms with Crippen molar-refractivity contribution < 1.29 is 17.9 Å². The summed E-state index contributed by atoms with van der Waals surface area (Å²) in [6.45, 7) is 2.13. The van der Waals surface area contributed by atoms with Crippen molar-refractivity contribution in [1.82, 2.24) is 0 Å². The third-order valence-corrected chi connectivity index (χ3v) is 7.07. The van der Waals surface area contributed by atoms with Gasteiger partial charge in [0.2, 0.25) is 0 Å². The molecule has 2 aliphatic rings. The number of hydrogen-bond acceptors (Lipinski definition) is 4. The van der Waals surface area contributed by atoms with Gasteiger partial charge in [0.05, 0.1) is 24.5 Å². The Morgan fingerprint density at radius 2 is 2.00 bits per heavy atom. The van der Waals surface area contributed by atoms with E-state index in [4.69, 9.17) is 0 Å². The molecule has 0 aliphatic heterocycles. The summed E-state index contributed by atoms with van der Waals surface area (Å²) in [6.07, 6.45) is 5.66. The second-order valence-electron chi connectivity index (χ2n) is 6.45. The Balaban J connectivity index is 1.99. The normalized spacial score (nSPS) is 29.8. The minimum Gasteiger partial charge on any atom is -0.469 e. The van der Waals surface area contributed by atoms with Crippen LogP contribution < -0.4 is 0 Å². The first-order valence-corrected chi connectivity index (χ1v) is 8.87. The maximum atomic E-state index is 12.5. The molecule has 2 atom stereocenters. The molecule has 4 nitrogen and oxygen atoms in total. The first kappa shape index (κ1) is 14.8. The number of sulfone groups is 1. The van der Waals surface area contributed by atoms with Crippen LogP contribution in [0.15, 0.2) is 0 Å². The maximum absolute atomic E-state index is 12.5. The molecule has 0 amide bonds. The van der Waals surface area contributed by atoms with E-state index in [1.165, 1.54) is 7.11 Å². The van der Waals surface area contributed by atoms with Gasteiger partial charge in [-0.15, -0.1) is 0 Å². The number of methoxy groups -OCH3 is 1. The van der Waals surface area contributed by atoms with Crippen LogP contribution in [-0.2, 0) is 19.4 Å². The largest absolute Gasteiger partial charge is 0.469 e. The summed E-state index contributed by atoms with van der Waals surface area (Å²) in [4.78, 5) is 11.4. The number of rotatable bonds is 5. The number of carbonyl (C=O) groups excluding carboxylic acids is 1. The zero-order valence-corrected chi connectivity index (χ0v) is 12.7. The lowest BCUT2D eigenvalue weighted by atomic mass is 9.90. The molecule has 0 heterocycles. The summed E-state index contributed by atoms with van der Waals surface area (Å²) in [7, 11) is -1.72. The fraction of sp³-hybridized carbons (Fsp3) is 0.929. The summed E-state index contributed by atoms with van der Waals surface area (Å²) in [5.74, 6) is 0.390. The number of esters is 1. The van der Waals surface area contributed by atoms with E-state index in [0.717, 1.165) is 38.5 Å². The van der Waals surface area contributed by atoms with Crippen LogP contribution in [-0.4, -0.2) is 32.5 Å². The van der Waals surface area contributed by atoms with Gasteiger partial charge in [-0.1, -0.05) is 19.8 Å². The third-order valence-electron chi connectivity index (χ3n) is 4.61. The Morgan fingerprint density at radius 3 is 2.53 bits per heavy atom. The average molecular weight is 288 g/mol. The summed E-state index contributed by atoms with van der Waals surface area (Å²) >= 11 is 0. The molecule has 2 rings (SSSR count). The Morgan fingerprint density at radius 1 is 1.32 bits per heavy atom. The molecule has 2 aliphatic carbocycles. The van der Waals surface area contributed by atoms with Crippen LogP contribution in [0.2, 0.25) is 0 Å². The van der Waals surface area contributed by atoms with Crippen molar-refractivity contribution >= 4 is 15.8 Å². The number of carbonyl (C=O) groups is 1. The van der Waals surface area contributed by atoms with Gasteiger partial charge in [-0.05, 0) is 37.0 Å². The predicted octanol–water partition coefficient (Wildman–Crippen LogP) is 2.32. The van der Waals surface area contributed by atoms with Crippen molar-refractivity contribution in [2.45, 2.75) is 57.1 Å². The van der Waals surface area contributed by atoms with E-state index in [-0.39, 0.29) is 28.8 Å². The van der Waals surface area contributed by atoms with Crippen LogP contribution in [0.5, 0.6) is 0 Å². The molecule has 0 bridgehead atoms. The molecule has 0 aromatic rings. The van der Waals surface area contributed by atoms with E-state index in [9.17, 15) is 13.2 Å². The van der Waals surface area contributed by atoms with Crippen molar-refractivity contribution in [2.75, 3.05) is 12.9 Å². The van der Waals surface area contributed by atoms with E-state index >= 15 is 0 Å². The molecule has 2 unspecified atom stereocenters. The van der Waals surface area contributed by atoms with Crippen molar-refractivity contribution in [3.63, 3.8) is 0 Å². The van der Waals surface area contributed by atoms with Gasteiger partial charge in [0.15, 0.2) is 9.84 Å². The zero-order chi connectivity index (χ0) is 14.1. The first-order valence-electron chi connectivity index (χ1n) is 7.15. The smallest absolute Gasteiger partial charge is 0.306 e. The standard InChI is InChI=1S/C14H24O4S/c1-11-4-3-5-12(8-11)19(16,17)10-14(6-7-14)9-13(15)18-2/h11-12H,3-10H2,1-2H3. The van der Waals surface area contributed by atoms with E-state index in [0.29, 0.717) is 5.92 Å². The Hall–Kier alpha value is -0.580. The van der Waals surface area contributed by atoms with Crippen LogP contribution >= 0.6 is 0 Å². The van der Waals surface area contributed by atoms with E-state index in [2.05, 4.69) is 11.7 Å². The van der Waals surface area contributed by atoms with Gasteiger partial charge in [-0.3, -0.25) is 4.79 Å². The van der Waals surface area contributed by atoms with Gasteiger partial charge < -0.3 is 4.74 Å². The van der Waals surface area contributed by atoms with Crippen LogP contribution in [0.3, 0.4) is 0 Å². The third kappa shape index (κ3) is 3.71. The Kier molecular flexibility index (Phi) is 4.23. The minimum atomic E-state index is -3.07. The molecule has 0 saturated heterocycles. The van der Waals surface area contributed by atoms with Crippen molar-refractivity contribution in [3.05, 3.63) is 0 Å². The molecule has 0 spiro atoms. The monoisotopic (exact) mass is 288 g/mol. The van der Waals surface area contributed by atoms with Gasteiger partial charge in [-0.2, -0.15) is 0 Å². The second-order valence-corrected chi connectivity index (χ2v) is 8.73. The molecule has 2 fully saturated rings. The van der Waals surface area contributed by atoms with Crippen LogP contribution in [0, 0.1) is 11.3 Å².